The lowest BCUT2D eigenvalue weighted by Gasteiger charge is -2.29. The van der Waals surface area contributed by atoms with Crippen LogP contribution in [0.4, 0.5) is 17.3 Å². The van der Waals surface area contributed by atoms with Gasteiger partial charge in [-0.15, -0.1) is 0 Å². The van der Waals surface area contributed by atoms with Gasteiger partial charge in [0.25, 0.3) is 11.5 Å². The summed E-state index contributed by atoms with van der Waals surface area (Å²) in [5.41, 5.74) is 6.15. The Kier molecular flexibility index (Phi) is 6.64. The molecule has 9 nitrogen and oxygen atoms in total. The molecule has 7 rings (SSSR count). The summed E-state index contributed by atoms with van der Waals surface area (Å²) in [5, 5.41) is 10.4. The molecule has 4 heterocycles. The average Bonchev–Trinajstić information content (AvgIpc) is 3.02. The molecular formula is C33H31N7O2. The third-order valence-electron chi connectivity index (χ3n) is 8.10. The van der Waals surface area contributed by atoms with Crippen molar-refractivity contribution in [2.75, 3.05) is 36.4 Å². The highest BCUT2D eigenvalue weighted by Gasteiger charge is 2.28. The van der Waals surface area contributed by atoms with E-state index in [2.05, 4.69) is 38.0 Å². The Balaban J connectivity index is 1.30. The first-order valence-corrected chi connectivity index (χ1v) is 14.2. The summed E-state index contributed by atoms with van der Waals surface area (Å²) in [5.74, 6) is 0.164. The molecule has 1 unspecified atom stereocenters. The second-order valence-corrected chi connectivity index (χ2v) is 10.8. The minimum atomic E-state index is -0.604. The number of nitrogens with one attached hydrogen (secondary N) is 3. The van der Waals surface area contributed by atoms with Crippen LogP contribution in [-0.2, 0) is 6.42 Å². The number of piperazine rings is 1. The Hall–Kier alpha value is -5.02. The summed E-state index contributed by atoms with van der Waals surface area (Å²) < 4.78 is 1.62. The standard InChI is InChI=1S/C33H31N7O2/c1-21-6-2-4-8-26(21)28-18-23-20-35-33(36-24-10-12-25(13-11-24)39-16-14-34-15-17-39)38-30(23)40(32(28)42)29-19-22-7-3-5-9-27(22)31(41)37-29/h2-13,18,20,29,34H,14-17,19H2,1H3,(H,37,41)(H,35,36,38). The molecule has 0 radical (unpaired) electrons. The second kappa shape index (κ2) is 10.8. The van der Waals surface area contributed by atoms with E-state index in [4.69, 9.17) is 4.98 Å². The Labute approximate surface area is 243 Å². The Morgan fingerprint density at radius 3 is 2.40 bits per heavy atom. The zero-order chi connectivity index (χ0) is 28.6. The van der Waals surface area contributed by atoms with Crippen LogP contribution in [0.3, 0.4) is 0 Å². The summed E-state index contributed by atoms with van der Waals surface area (Å²) in [6.07, 6.45) is 1.59. The number of nitrogens with zero attached hydrogens (tertiary/aromatic N) is 4. The first kappa shape index (κ1) is 25.9. The largest absolute Gasteiger partial charge is 0.369 e. The highest BCUT2D eigenvalue weighted by atomic mass is 16.2. The number of fused-ring (bicyclic) bond motifs is 2. The molecule has 42 heavy (non-hydrogen) atoms. The molecule has 5 aromatic rings. The topological polar surface area (TPSA) is 104 Å². The van der Waals surface area contributed by atoms with Crippen molar-refractivity contribution in [3.63, 3.8) is 0 Å². The molecule has 3 N–H and O–H groups in total. The van der Waals surface area contributed by atoms with Crippen molar-refractivity contribution in [3.8, 4) is 11.1 Å². The third-order valence-corrected chi connectivity index (χ3v) is 8.10. The van der Waals surface area contributed by atoms with Crippen LogP contribution in [0.25, 0.3) is 22.2 Å². The highest BCUT2D eigenvalue weighted by molar-refractivity contribution is 5.97. The molecule has 9 heteroatoms. The van der Waals surface area contributed by atoms with Gasteiger partial charge in [0.15, 0.2) is 0 Å². The average molecular weight is 558 g/mol. The number of pyridine rings is 1. The molecule has 1 saturated heterocycles. The Bertz CT molecular complexity index is 1860. The van der Waals surface area contributed by atoms with Crippen LogP contribution in [-0.4, -0.2) is 46.6 Å². The number of benzene rings is 3. The summed E-state index contributed by atoms with van der Waals surface area (Å²) in [7, 11) is 0. The van der Waals surface area contributed by atoms with Crippen molar-refractivity contribution >= 4 is 34.3 Å². The van der Waals surface area contributed by atoms with Crippen molar-refractivity contribution in [1.29, 1.82) is 0 Å². The minimum Gasteiger partial charge on any atom is -0.369 e. The van der Waals surface area contributed by atoms with Crippen LogP contribution >= 0.6 is 0 Å². The number of rotatable bonds is 5. The van der Waals surface area contributed by atoms with E-state index in [1.165, 1.54) is 5.69 Å². The van der Waals surface area contributed by atoms with Crippen molar-refractivity contribution in [1.82, 2.24) is 25.2 Å². The van der Waals surface area contributed by atoms with Gasteiger partial charge in [-0.25, -0.2) is 4.98 Å². The lowest BCUT2D eigenvalue weighted by molar-refractivity contribution is 0.0905. The highest BCUT2D eigenvalue weighted by Crippen LogP contribution is 2.28. The van der Waals surface area contributed by atoms with Crippen molar-refractivity contribution < 1.29 is 4.79 Å². The van der Waals surface area contributed by atoms with E-state index >= 15 is 0 Å². The molecule has 1 fully saturated rings. The summed E-state index contributed by atoms with van der Waals surface area (Å²) in [6.45, 7) is 5.89. The molecule has 0 spiro atoms. The van der Waals surface area contributed by atoms with E-state index < -0.39 is 6.17 Å². The molecule has 0 aliphatic carbocycles. The van der Waals surface area contributed by atoms with E-state index in [1.54, 1.807) is 10.8 Å². The fraction of sp³-hybridized carbons (Fsp3) is 0.212. The Morgan fingerprint density at radius 1 is 0.881 bits per heavy atom. The zero-order valence-electron chi connectivity index (χ0n) is 23.3. The number of aryl methyl sites for hydroxylation is 1. The van der Waals surface area contributed by atoms with Crippen LogP contribution in [0, 0.1) is 6.92 Å². The SMILES string of the molecule is Cc1ccccc1-c1cc2cnc(Nc3ccc(N4CCNCC4)cc3)nc2n(C2Cc3ccccc3C(=O)N2)c1=O. The van der Waals surface area contributed by atoms with Gasteiger partial charge in [-0.1, -0.05) is 42.5 Å². The van der Waals surface area contributed by atoms with Crippen LogP contribution < -0.4 is 26.4 Å². The first-order valence-electron chi connectivity index (χ1n) is 14.2. The quantitative estimate of drug-likeness (QED) is 0.294. The molecule has 1 amide bonds. The second-order valence-electron chi connectivity index (χ2n) is 10.8. The third kappa shape index (κ3) is 4.77. The van der Waals surface area contributed by atoms with E-state index in [1.807, 2.05) is 73.7 Å². The number of hydrogen-bond acceptors (Lipinski definition) is 7. The summed E-state index contributed by atoms with van der Waals surface area (Å²) in [6, 6.07) is 25.4. The number of aromatic nitrogens is 3. The fourth-order valence-corrected chi connectivity index (χ4v) is 5.91. The van der Waals surface area contributed by atoms with Crippen molar-refractivity contribution in [2.45, 2.75) is 19.5 Å². The van der Waals surface area contributed by atoms with Crippen LogP contribution in [0.2, 0.25) is 0 Å². The van der Waals surface area contributed by atoms with E-state index in [-0.39, 0.29) is 11.5 Å². The summed E-state index contributed by atoms with van der Waals surface area (Å²) in [4.78, 5) is 39.1. The zero-order valence-corrected chi connectivity index (χ0v) is 23.3. The van der Waals surface area contributed by atoms with Gasteiger partial charge < -0.3 is 20.9 Å². The van der Waals surface area contributed by atoms with Gasteiger partial charge in [0.2, 0.25) is 5.95 Å². The molecule has 210 valence electrons. The minimum absolute atomic E-state index is 0.208. The molecule has 3 aromatic carbocycles. The molecule has 0 saturated carbocycles. The molecule has 1 atom stereocenters. The number of carbonyl (C=O) groups excluding carboxylic acids is 1. The van der Waals surface area contributed by atoms with E-state index in [9.17, 15) is 9.59 Å². The van der Waals surface area contributed by atoms with Crippen molar-refractivity contribution in [2.24, 2.45) is 0 Å². The summed E-state index contributed by atoms with van der Waals surface area (Å²) >= 11 is 0. The number of carbonyl (C=O) groups is 1. The maximum Gasteiger partial charge on any atom is 0.261 e. The van der Waals surface area contributed by atoms with E-state index in [0.29, 0.717) is 34.5 Å². The number of anilines is 3. The van der Waals surface area contributed by atoms with Crippen LogP contribution in [0.1, 0.15) is 27.7 Å². The predicted octanol–water partition coefficient (Wildman–Crippen LogP) is 4.40. The number of hydrogen-bond donors (Lipinski definition) is 3. The molecule has 2 aliphatic heterocycles. The lowest BCUT2D eigenvalue weighted by Crippen LogP contribution is -2.43. The maximum absolute atomic E-state index is 14.2. The monoisotopic (exact) mass is 557 g/mol. The van der Waals surface area contributed by atoms with Gasteiger partial charge in [0, 0.05) is 66.7 Å². The van der Waals surface area contributed by atoms with Crippen molar-refractivity contribution in [3.05, 3.63) is 112 Å². The number of amides is 1. The smallest absolute Gasteiger partial charge is 0.261 e. The van der Waals surface area contributed by atoms with E-state index in [0.717, 1.165) is 48.6 Å². The van der Waals surface area contributed by atoms with Gasteiger partial charge in [-0.05, 0) is 60.0 Å². The fourth-order valence-electron chi connectivity index (χ4n) is 5.91. The van der Waals surface area contributed by atoms with Gasteiger partial charge in [0.05, 0.1) is 0 Å². The lowest BCUT2D eigenvalue weighted by atomic mass is 9.97. The molecular weight excluding hydrogens is 526 g/mol. The Morgan fingerprint density at radius 2 is 1.62 bits per heavy atom. The maximum atomic E-state index is 14.2. The van der Waals surface area contributed by atoms with Crippen LogP contribution in [0.5, 0.6) is 0 Å². The first-order chi connectivity index (χ1) is 20.5. The normalized spacial score (nSPS) is 16.6. The molecule has 2 aliphatic rings. The van der Waals surface area contributed by atoms with Gasteiger partial charge >= 0.3 is 0 Å². The van der Waals surface area contributed by atoms with Gasteiger partial charge in [-0.3, -0.25) is 14.2 Å². The van der Waals surface area contributed by atoms with Crippen LogP contribution in [0.15, 0.2) is 89.9 Å². The molecule has 2 aromatic heterocycles. The predicted molar refractivity (Wildman–Crippen MR) is 165 cm³/mol. The van der Waals surface area contributed by atoms with Gasteiger partial charge in [0.1, 0.15) is 11.8 Å². The van der Waals surface area contributed by atoms with Gasteiger partial charge in [-0.2, -0.15) is 4.98 Å². The molecule has 0 bridgehead atoms.